The number of nitrogens with zero attached hydrogens (tertiary/aromatic N) is 4. The van der Waals surface area contributed by atoms with E-state index in [1.165, 1.54) is 0 Å². The summed E-state index contributed by atoms with van der Waals surface area (Å²) in [4.78, 5) is 28.5. The van der Waals surface area contributed by atoms with Crippen LogP contribution in [0.25, 0.3) is 32.8 Å². The van der Waals surface area contributed by atoms with Crippen LogP contribution in [0.3, 0.4) is 0 Å². The maximum Gasteiger partial charge on any atom is 0.410 e. The van der Waals surface area contributed by atoms with Gasteiger partial charge in [0.25, 0.3) is 0 Å². The zero-order valence-corrected chi connectivity index (χ0v) is 33.6. The van der Waals surface area contributed by atoms with Crippen LogP contribution in [0.4, 0.5) is 4.79 Å². The van der Waals surface area contributed by atoms with E-state index in [0.717, 1.165) is 63.4 Å². The largest absolute Gasteiger partial charge is 0.493 e. The quantitative estimate of drug-likeness (QED) is 0.0782. The Kier molecular flexibility index (Phi) is 13.4. The van der Waals surface area contributed by atoms with Crippen LogP contribution in [0.1, 0.15) is 87.2 Å². The van der Waals surface area contributed by atoms with Crippen molar-refractivity contribution in [2.45, 2.75) is 97.9 Å². The highest BCUT2D eigenvalue weighted by Gasteiger charge is 2.29. The number of rotatable bonds is 16. The smallest absolute Gasteiger partial charge is 0.410 e. The van der Waals surface area contributed by atoms with Gasteiger partial charge in [0.05, 0.1) is 43.3 Å². The lowest BCUT2D eigenvalue weighted by Gasteiger charge is -2.25. The summed E-state index contributed by atoms with van der Waals surface area (Å²) in [6.45, 7) is 9.35. The summed E-state index contributed by atoms with van der Waals surface area (Å²) in [5.74, 6) is 0.390. The molecule has 2 aromatic heterocycles. The van der Waals surface area contributed by atoms with E-state index in [0.29, 0.717) is 62.6 Å². The molecule has 1 saturated heterocycles. The summed E-state index contributed by atoms with van der Waals surface area (Å²) in [6.07, 6.45) is 3.81. The van der Waals surface area contributed by atoms with Crippen LogP contribution >= 0.6 is 0 Å². The number of esters is 1. The Hall–Kier alpha value is -4.91. The molecule has 1 atom stereocenters. The number of hydrogen-bond acceptors (Lipinski definition) is 9. The molecule has 3 aromatic carbocycles. The third-order valence-corrected chi connectivity index (χ3v) is 10.0. The van der Waals surface area contributed by atoms with Crippen molar-refractivity contribution in [1.82, 2.24) is 19.2 Å². The van der Waals surface area contributed by atoms with Gasteiger partial charge in [-0.2, -0.15) is 5.10 Å². The first-order valence-corrected chi connectivity index (χ1v) is 19.8. The fourth-order valence-corrected chi connectivity index (χ4v) is 7.47. The second-order valence-corrected chi connectivity index (χ2v) is 15.2. The van der Waals surface area contributed by atoms with Crippen LogP contribution in [-0.4, -0.2) is 81.7 Å². The molecular formula is C44H56N4O8. The van der Waals surface area contributed by atoms with Gasteiger partial charge in [-0.3, -0.25) is 4.68 Å². The fraction of sp³-hybridized carbons (Fsp3) is 0.477. The van der Waals surface area contributed by atoms with Gasteiger partial charge in [0.2, 0.25) is 0 Å². The molecule has 0 saturated carbocycles. The van der Waals surface area contributed by atoms with Crippen LogP contribution in [0.15, 0.2) is 60.7 Å². The number of hydrogen-bond donors (Lipinski definition) is 1. The highest BCUT2D eigenvalue weighted by Crippen LogP contribution is 2.39. The van der Waals surface area contributed by atoms with Crippen LogP contribution in [-0.2, 0) is 52.2 Å². The number of ether oxygens (including phenoxy) is 5. The molecule has 3 heterocycles. The Bertz CT molecular complexity index is 2120. The summed E-state index contributed by atoms with van der Waals surface area (Å²) in [6, 6.07) is 20.2. The highest BCUT2D eigenvalue weighted by atomic mass is 16.7. The van der Waals surface area contributed by atoms with E-state index in [1.807, 2.05) is 74.9 Å². The normalized spacial score (nSPS) is 14.7. The molecule has 1 N–H and O–H groups in total. The SMILES string of the molecule is CCOC(=O)c1c(CCCOc2cccc3ccccc23)c2cccc(-c3c(COC4CCCCO4)nn(C)c3CO)c2n1CCCN(C)C(=O)OC(C)(C)C. The maximum absolute atomic E-state index is 14.1. The third-order valence-electron chi connectivity index (χ3n) is 10.0. The van der Waals surface area contributed by atoms with E-state index in [9.17, 15) is 14.7 Å². The highest BCUT2D eigenvalue weighted by molar-refractivity contribution is 6.05. The van der Waals surface area contributed by atoms with Crippen molar-refractivity contribution in [2.24, 2.45) is 7.05 Å². The Morgan fingerprint density at radius 2 is 1.79 bits per heavy atom. The van der Waals surface area contributed by atoms with Crippen LogP contribution in [0.2, 0.25) is 0 Å². The number of aryl methyl sites for hydroxylation is 3. The predicted octanol–water partition coefficient (Wildman–Crippen LogP) is 8.18. The standard InChI is InChI=1S/C44H56N4O8/c1-7-52-42(50)41-33(21-14-27-53-37-22-12-17-30-16-8-9-18-31(30)37)32-19-13-20-34(40(32)48(41)25-15-24-46(5)43(51)56-44(2,3)4)39-35(45-47(6)36(39)28-49)29-55-38-23-10-11-26-54-38/h8-9,12-13,16-20,22,38,49H,7,10-11,14-15,21,23-29H2,1-6H3. The molecule has 5 aromatic rings. The minimum atomic E-state index is -0.626. The zero-order valence-electron chi connectivity index (χ0n) is 33.6. The molecule has 6 rings (SSSR count). The maximum atomic E-state index is 14.1. The van der Waals surface area contributed by atoms with Gasteiger partial charge in [0.1, 0.15) is 17.0 Å². The number of para-hydroxylation sites is 1. The van der Waals surface area contributed by atoms with E-state index < -0.39 is 17.7 Å². The molecule has 0 bridgehead atoms. The minimum absolute atomic E-state index is 0.189. The van der Waals surface area contributed by atoms with Gasteiger partial charge in [-0.1, -0.05) is 54.6 Å². The van der Waals surface area contributed by atoms with Crippen LogP contribution in [0.5, 0.6) is 5.75 Å². The van der Waals surface area contributed by atoms with Crippen LogP contribution in [0, 0.1) is 0 Å². The number of aromatic nitrogens is 3. The molecule has 1 fully saturated rings. The average molecular weight is 769 g/mol. The number of carbonyl (C=O) groups excluding carboxylic acids is 2. The Balaban J connectivity index is 1.40. The summed E-state index contributed by atoms with van der Waals surface area (Å²) in [7, 11) is 3.53. The van der Waals surface area contributed by atoms with Crippen molar-refractivity contribution < 1.29 is 38.4 Å². The number of benzene rings is 3. The first kappa shape index (κ1) is 40.7. The summed E-state index contributed by atoms with van der Waals surface area (Å²) in [5.41, 5.74) is 4.36. The monoisotopic (exact) mass is 768 g/mol. The van der Waals surface area contributed by atoms with Gasteiger partial charge in [-0.05, 0) is 83.2 Å². The first-order chi connectivity index (χ1) is 27.0. The first-order valence-electron chi connectivity index (χ1n) is 19.8. The lowest BCUT2D eigenvalue weighted by molar-refractivity contribution is -0.169. The number of fused-ring (bicyclic) bond motifs is 2. The van der Waals surface area contributed by atoms with E-state index in [-0.39, 0.29) is 26.1 Å². The van der Waals surface area contributed by atoms with E-state index in [2.05, 4.69) is 18.2 Å². The molecule has 1 unspecified atom stereocenters. The van der Waals surface area contributed by atoms with Crippen molar-refractivity contribution in [3.8, 4) is 16.9 Å². The lowest BCUT2D eigenvalue weighted by atomic mass is 9.98. The molecule has 56 heavy (non-hydrogen) atoms. The molecule has 12 heteroatoms. The summed E-state index contributed by atoms with van der Waals surface area (Å²) in [5, 5.41) is 18.6. The van der Waals surface area contributed by atoms with E-state index >= 15 is 0 Å². The molecule has 0 radical (unpaired) electrons. The zero-order chi connectivity index (χ0) is 39.8. The number of aliphatic hydroxyl groups is 1. The van der Waals surface area contributed by atoms with Crippen molar-refractivity contribution in [3.05, 3.63) is 83.3 Å². The number of aliphatic hydroxyl groups excluding tert-OH is 1. The van der Waals surface area contributed by atoms with Gasteiger partial charge in [0.15, 0.2) is 6.29 Å². The molecular weight excluding hydrogens is 713 g/mol. The van der Waals surface area contributed by atoms with Crippen molar-refractivity contribution in [3.63, 3.8) is 0 Å². The molecule has 0 aliphatic carbocycles. The van der Waals surface area contributed by atoms with Crippen molar-refractivity contribution in [2.75, 3.05) is 33.4 Å². The molecule has 12 nitrogen and oxygen atoms in total. The van der Waals surface area contributed by atoms with Gasteiger partial charge in [-0.25, -0.2) is 9.59 Å². The van der Waals surface area contributed by atoms with Crippen molar-refractivity contribution >= 4 is 33.7 Å². The van der Waals surface area contributed by atoms with Gasteiger partial charge >= 0.3 is 12.1 Å². The molecule has 1 amide bonds. The second-order valence-electron chi connectivity index (χ2n) is 15.2. The summed E-state index contributed by atoms with van der Waals surface area (Å²) < 4.78 is 33.5. The molecule has 300 valence electrons. The molecule has 1 aliphatic rings. The van der Waals surface area contributed by atoms with Gasteiger partial charge in [0, 0.05) is 55.7 Å². The minimum Gasteiger partial charge on any atom is -0.493 e. The van der Waals surface area contributed by atoms with Gasteiger partial charge in [-0.15, -0.1) is 0 Å². The predicted molar refractivity (Wildman–Crippen MR) is 216 cm³/mol. The second kappa shape index (κ2) is 18.4. The third kappa shape index (κ3) is 9.37. The number of amides is 1. The van der Waals surface area contributed by atoms with Gasteiger partial charge < -0.3 is 38.3 Å². The fourth-order valence-electron chi connectivity index (χ4n) is 7.47. The molecule has 0 spiro atoms. The van der Waals surface area contributed by atoms with E-state index in [1.54, 1.807) is 23.6 Å². The Morgan fingerprint density at radius 3 is 2.54 bits per heavy atom. The number of carbonyl (C=O) groups is 2. The Labute approximate surface area is 329 Å². The van der Waals surface area contributed by atoms with Crippen LogP contribution < -0.4 is 4.74 Å². The lowest BCUT2D eigenvalue weighted by Crippen LogP contribution is -2.35. The van der Waals surface area contributed by atoms with E-state index in [4.69, 9.17) is 28.8 Å². The summed E-state index contributed by atoms with van der Waals surface area (Å²) >= 11 is 0. The topological polar surface area (TPSA) is 127 Å². The molecule has 1 aliphatic heterocycles. The average Bonchev–Trinajstić information content (AvgIpc) is 3.68. The van der Waals surface area contributed by atoms with Crippen molar-refractivity contribution in [1.29, 1.82) is 0 Å². The Morgan fingerprint density at radius 1 is 1.02 bits per heavy atom.